The van der Waals surface area contributed by atoms with Crippen molar-refractivity contribution in [1.82, 2.24) is 10.3 Å². The van der Waals surface area contributed by atoms with Crippen molar-refractivity contribution in [3.8, 4) is 6.07 Å². The Hall–Kier alpha value is -2.42. The molecule has 2 amide bonds. The number of hydrogen-bond donors (Lipinski definition) is 1. The maximum absolute atomic E-state index is 11.7. The van der Waals surface area contributed by atoms with Crippen LogP contribution in [0.25, 0.3) is 0 Å². The van der Waals surface area contributed by atoms with Crippen LogP contribution in [0.4, 0.5) is 5.69 Å². The molecule has 6 heteroatoms. The van der Waals surface area contributed by atoms with Gasteiger partial charge in [0, 0.05) is 0 Å². The van der Waals surface area contributed by atoms with Crippen molar-refractivity contribution >= 4 is 17.5 Å². The summed E-state index contributed by atoms with van der Waals surface area (Å²) in [5.74, 6) is -0.618. The number of amides is 2. The molecule has 0 aliphatic carbocycles. The normalized spacial score (nSPS) is 19.3. The lowest BCUT2D eigenvalue weighted by molar-refractivity contribution is -0.132. The summed E-state index contributed by atoms with van der Waals surface area (Å²) >= 11 is 0. The number of piperazine rings is 1. The van der Waals surface area contributed by atoms with E-state index in [9.17, 15) is 9.59 Å². The number of hydrogen-bond acceptors (Lipinski definition) is 5. The Bertz CT molecular complexity index is 518. The molecule has 1 fully saturated rings. The van der Waals surface area contributed by atoms with Crippen LogP contribution in [0, 0.1) is 11.3 Å². The van der Waals surface area contributed by atoms with Crippen LogP contribution in [0.1, 0.15) is 19.0 Å². The van der Waals surface area contributed by atoms with Crippen LogP contribution in [0.2, 0.25) is 0 Å². The Labute approximate surface area is 104 Å². The molecule has 0 aromatic carbocycles. The van der Waals surface area contributed by atoms with Crippen molar-refractivity contribution < 1.29 is 9.59 Å². The number of nitriles is 1. The molecule has 0 saturated carbocycles. The highest BCUT2D eigenvalue weighted by Gasteiger charge is 2.32. The van der Waals surface area contributed by atoms with E-state index in [1.165, 1.54) is 6.20 Å². The first-order valence-corrected chi connectivity index (χ1v) is 5.62. The van der Waals surface area contributed by atoms with E-state index in [1.807, 2.05) is 13.0 Å². The van der Waals surface area contributed by atoms with Gasteiger partial charge in [-0.3, -0.25) is 14.9 Å². The van der Waals surface area contributed by atoms with Gasteiger partial charge < -0.3 is 4.90 Å². The van der Waals surface area contributed by atoms with Crippen molar-refractivity contribution in [3.63, 3.8) is 0 Å². The largest absolute Gasteiger partial charge is 0.349 e. The SMILES string of the molecule is CCC1C(=O)NC(=O)CN1c1ccc(C#N)nc1. The van der Waals surface area contributed by atoms with E-state index in [0.29, 0.717) is 17.8 Å². The lowest BCUT2D eigenvalue weighted by Crippen LogP contribution is -2.58. The lowest BCUT2D eigenvalue weighted by atomic mass is 10.1. The van der Waals surface area contributed by atoms with E-state index in [4.69, 9.17) is 5.26 Å². The molecule has 1 aliphatic rings. The van der Waals surface area contributed by atoms with Crippen LogP contribution in [0.3, 0.4) is 0 Å². The molecule has 1 saturated heterocycles. The van der Waals surface area contributed by atoms with Crippen LogP contribution < -0.4 is 10.2 Å². The molecule has 0 bridgehead atoms. The summed E-state index contributed by atoms with van der Waals surface area (Å²) in [5, 5.41) is 11.0. The minimum absolute atomic E-state index is 0.123. The van der Waals surface area contributed by atoms with Crippen molar-refractivity contribution in [2.24, 2.45) is 0 Å². The van der Waals surface area contributed by atoms with E-state index in [0.717, 1.165) is 0 Å². The molecule has 92 valence electrons. The van der Waals surface area contributed by atoms with Crippen molar-refractivity contribution in [3.05, 3.63) is 24.0 Å². The molecule has 1 N–H and O–H groups in total. The van der Waals surface area contributed by atoms with E-state index in [1.54, 1.807) is 17.0 Å². The summed E-state index contributed by atoms with van der Waals surface area (Å²) < 4.78 is 0. The summed E-state index contributed by atoms with van der Waals surface area (Å²) in [6.45, 7) is 2.00. The zero-order valence-corrected chi connectivity index (χ0v) is 9.88. The maximum atomic E-state index is 11.7. The molecule has 2 rings (SSSR count). The molecule has 6 nitrogen and oxygen atoms in total. The molecule has 1 atom stereocenters. The highest BCUT2D eigenvalue weighted by Crippen LogP contribution is 2.19. The summed E-state index contributed by atoms with van der Waals surface area (Å²) in [6, 6.07) is 4.81. The first kappa shape index (κ1) is 12.0. The number of aromatic nitrogens is 1. The van der Waals surface area contributed by atoms with Gasteiger partial charge in [0.15, 0.2) is 0 Å². The Balaban J connectivity index is 2.31. The second kappa shape index (κ2) is 4.84. The molecule has 18 heavy (non-hydrogen) atoms. The number of anilines is 1. The molecular formula is C12H12N4O2. The monoisotopic (exact) mass is 244 g/mol. The van der Waals surface area contributed by atoms with Gasteiger partial charge in [0.05, 0.1) is 18.4 Å². The quantitative estimate of drug-likeness (QED) is 0.751. The highest BCUT2D eigenvalue weighted by molar-refractivity contribution is 6.04. The molecule has 1 aliphatic heterocycles. The molecule has 1 aromatic rings. The van der Waals surface area contributed by atoms with Crippen molar-refractivity contribution in [2.45, 2.75) is 19.4 Å². The Morgan fingerprint density at radius 3 is 2.89 bits per heavy atom. The first-order valence-electron chi connectivity index (χ1n) is 5.62. The maximum Gasteiger partial charge on any atom is 0.249 e. The average Bonchev–Trinajstić information content (AvgIpc) is 2.38. The van der Waals surface area contributed by atoms with Crippen molar-refractivity contribution in [2.75, 3.05) is 11.4 Å². The van der Waals surface area contributed by atoms with Gasteiger partial charge in [-0.25, -0.2) is 4.98 Å². The summed E-state index contributed by atoms with van der Waals surface area (Å²) in [7, 11) is 0. The first-order chi connectivity index (χ1) is 8.65. The zero-order valence-electron chi connectivity index (χ0n) is 9.88. The van der Waals surface area contributed by atoms with Crippen LogP contribution in [-0.4, -0.2) is 29.4 Å². The van der Waals surface area contributed by atoms with E-state index in [-0.39, 0.29) is 24.4 Å². The average molecular weight is 244 g/mol. The van der Waals surface area contributed by atoms with E-state index >= 15 is 0 Å². The summed E-state index contributed by atoms with van der Waals surface area (Å²) in [4.78, 5) is 28.7. The third kappa shape index (κ3) is 2.15. The minimum atomic E-state index is -0.377. The summed E-state index contributed by atoms with van der Waals surface area (Å²) in [6.07, 6.45) is 2.10. The zero-order chi connectivity index (χ0) is 13.1. The van der Waals surface area contributed by atoms with Gasteiger partial charge >= 0.3 is 0 Å². The molecule has 1 unspecified atom stereocenters. The smallest absolute Gasteiger partial charge is 0.249 e. The van der Waals surface area contributed by atoms with Gasteiger partial charge in [0.2, 0.25) is 11.8 Å². The fourth-order valence-electron chi connectivity index (χ4n) is 1.97. The minimum Gasteiger partial charge on any atom is -0.349 e. The molecule has 1 aromatic heterocycles. The fraction of sp³-hybridized carbons (Fsp3) is 0.333. The van der Waals surface area contributed by atoms with Crippen LogP contribution in [0.15, 0.2) is 18.3 Å². The van der Waals surface area contributed by atoms with Crippen LogP contribution in [-0.2, 0) is 9.59 Å². The number of rotatable bonds is 2. The van der Waals surface area contributed by atoms with Gasteiger partial charge in [0.25, 0.3) is 0 Å². The Morgan fingerprint density at radius 2 is 2.33 bits per heavy atom. The molecule has 2 heterocycles. The van der Waals surface area contributed by atoms with Gasteiger partial charge in [0.1, 0.15) is 17.8 Å². The number of imide groups is 1. The topological polar surface area (TPSA) is 86.1 Å². The number of carbonyl (C=O) groups excluding carboxylic acids is 2. The highest BCUT2D eigenvalue weighted by atomic mass is 16.2. The number of nitrogens with one attached hydrogen (secondary N) is 1. The van der Waals surface area contributed by atoms with E-state index in [2.05, 4.69) is 10.3 Å². The van der Waals surface area contributed by atoms with E-state index < -0.39 is 0 Å². The molecule has 0 radical (unpaired) electrons. The van der Waals surface area contributed by atoms with Gasteiger partial charge in [-0.05, 0) is 18.6 Å². The third-order valence-corrected chi connectivity index (χ3v) is 2.84. The predicted molar refractivity (Wildman–Crippen MR) is 63.5 cm³/mol. The molecular weight excluding hydrogens is 232 g/mol. The number of pyridine rings is 1. The van der Waals surface area contributed by atoms with Gasteiger partial charge in [-0.1, -0.05) is 6.92 Å². The van der Waals surface area contributed by atoms with Crippen molar-refractivity contribution in [1.29, 1.82) is 5.26 Å². The third-order valence-electron chi connectivity index (χ3n) is 2.84. The standard InChI is InChI=1S/C12H12N4O2/c1-2-10-12(18)15-11(17)7-16(10)9-4-3-8(5-13)14-6-9/h3-4,6,10H,2,7H2,1H3,(H,15,17,18). The Morgan fingerprint density at radius 1 is 1.56 bits per heavy atom. The number of nitrogens with zero attached hydrogens (tertiary/aromatic N) is 3. The number of carbonyl (C=O) groups is 2. The summed E-state index contributed by atoms with van der Waals surface area (Å²) in [5.41, 5.74) is 0.976. The van der Waals surface area contributed by atoms with Crippen LogP contribution >= 0.6 is 0 Å². The van der Waals surface area contributed by atoms with Gasteiger partial charge in [-0.2, -0.15) is 5.26 Å². The fourth-order valence-corrected chi connectivity index (χ4v) is 1.97. The molecule has 0 spiro atoms. The van der Waals surface area contributed by atoms with Gasteiger partial charge in [-0.15, -0.1) is 0 Å². The second-order valence-electron chi connectivity index (χ2n) is 3.98. The lowest BCUT2D eigenvalue weighted by Gasteiger charge is -2.34. The Kier molecular flexibility index (Phi) is 3.24. The van der Waals surface area contributed by atoms with Crippen LogP contribution in [0.5, 0.6) is 0 Å². The predicted octanol–water partition coefficient (Wildman–Crippen LogP) is 0.195. The second-order valence-corrected chi connectivity index (χ2v) is 3.98.